The summed E-state index contributed by atoms with van der Waals surface area (Å²) in [6.45, 7) is 2.89. The molecule has 0 aliphatic rings. The maximum Gasteiger partial charge on any atom is 0.673 e. The predicted octanol–water partition coefficient (Wildman–Crippen LogP) is 2.69. The largest absolute Gasteiger partial charge is 0.673 e. The lowest BCUT2D eigenvalue weighted by Gasteiger charge is -2.24. The van der Waals surface area contributed by atoms with E-state index in [1.807, 2.05) is 0 Å². The number of aliphatic hydroxyl groups is 2. The van der Waals surface area contributed by atoms with Gasteiger partial charge in [-0.2, -0.15) is 0 Å². The second-order valence-corrected chi connectivity index (χ2v) is 5.30. The molecule has 23 heavy (non-hydrogen) atoms. The number of halogens is 8. The third-order valence-corrected chi connectivity index (χ3v) is 3.27. The van der Waals surface area contributed by atoms with E-state index >= 15 is 0 Å². The number of hydrogen-bond donors (Lipinski definition) is 2. The van der Waals surface area contributed by atoms with Crippen molar-refractivity contribution in [2.24, 2.45) is 0 Å². The molecule has 0 aliphatic heterocycles. The molecule has 0 aromatic heterocycles. The van der Waals surface area contributed by atoms with Gasteiger partial charge in [0.2, 0.25) is 0 Å². The fraction of sp³-hybridized carbons (Fsp3) is 0.833. The molecule has 0 aromatic carbocycles. The third kappa shape index (κ3) is 21.3. The fourth-order valence-corrected chi connectivity index (χ4v) is 1.90. The molecule has 0 atom stereocenters. The highest BCUT2D eigenvalue weighted by Crippen LogP contribution is 2.56. The summed E-state index contributed by atoms with van der Waals surface area (Å²) >= 11 is 0. The second-order valence-electron chi connectivity index (χ2n) is 3.13. The van der Waals surface area contributed by atoms with Crippen LogP contribution in [0.4, 0.5) is 34.5 Å². The molecule has 17 heteroatoms. The molecule has 0 saturated carbocycles. The summed E-state index contributed by atoms with van der Waals surface area (Å²) in [5.74, 6) is 0. The van der Waals surface area contributed by atoms with Gasteiger partial charge in [-0.25, -0.2) is 0 Å². The van der Waals surface area contributed by atoms with E-state index in [9.17, 15) is 43.9 Å². The van der Waals surface area contributed by atoms with Gasteiger partial charge in [0, 0.05) is 0 Å². The Morgan fingerprint density at radius 2 is 1.13 bits per heavy atom. The van der Waals surface area contributed by atoms with Gasteiger partial charge in [0.1, 0.15) is 0 Å². The van der Waals surface area contributed by atoms with E-state index < -0.39 is 27.6 Å². The topological polar surface area (TPSA) is 93.1 Å². The van der Waals surface area contributed by atoms with E-state index in [2.05, 4.69) is 9.05 Å². The van der Waals surface area contributed by atoms with Gasteiger partial charge < -0.3 is 53.8 Å². The lowest BCUT2D eigenvalue weighted by molar-refractivity contribution is -0.147. The Hall–Kier alpha value is -0.690. The first kappa shape index (κ1) is 27.2. The quantitative estimate of drug-likeness (QED) is 0.240. The van der Waals surface area contributed by atoms with Crippen LogP contribution in [0, 0.1) is 0 Å². The Bertz CT molecular complexity index is 341. The van der Waals surface area contributed by atoms with Crippen LogP contribution in [0.3, 0.4) is 0 Å². The van der Waals surface area contributed by atoms with E-state index in [1.54, 1.807) is 0 Å². The van der Waals surface area contributed by atoms with Crippen molar-refractivity contribution in [2.45, 2.75) is 19.4 Å². The van der Waals surface area contributed by atoms with Crippen LogP contribution in [0.5, 0.6) is 0 Å². The normalized spacial score (nSPS) is 12.5. The molecule has 0 aliphatic carbocycles. The fourth-order valence-electron chi connectivity index (χ4n) is 0.632. The zero-order chi connectivity index (χ0) is 19.5. The minimum atomic E-state index is -6.00. The molecule has 0 radical (unpaired) electrons. The summed E-state index contributed by atoms with van der Waals surface area (Å²) in [6, 6.07) is 0. The maximum atomic E-state index is 11.5. The van der Waals surface area contributed by atoms with Crippen LogP contribution in [0.1, 0.15) is 13.8 Å². The number of aldehydes is 1. The molecule has 0 saturated heterocycles. The third-order valence-electron chi connectivity index (χ3n) is 1.16. The Morgan fingerprint density at radius 1 is 0.913 bits per heavy atom. The molecule has 0 amide bonds. The highest BCUT2D eigenvalue weighted by Gasteiger charge is 2.49. The Kier molecular flexibility index (Phi) is 13.0. The SMILES string of the molecule is CCOP(=O)(OCC)C(O)(O)C=O.F[B-](F)(F)F.F[B-](F)(F)F. The van der Waals surface area contributed by atoms with Crippen LogP contribution in [-0.4, -0.2) is 49.7 Å². The summed E-state index contributed by atoms with van der Waals surface area (Å²) in [5, 5.41) is 18.0. The molecular weight excluding hydrogens is 373 g/mol. The molecule has 2 N–H and O–H groups in total. The summed E-state index contributed by atoms with van der Waals surface area (Å²) in [4.78, 5) is 10.2. The van der Waals surface area contributed by atoms with Gasteiger partial charge in [0.25, 0.3) is 0 Å². The van der Waals surface area contributed by atoms with E-state index in [0.717, 1.165) is 0 Å². The first-order chi connectivity index (χ1) is 9.93. The van der Waals surface area contributed by atoms with Crippen molar-refractivity contribution in [3.05, 3.63) is 0 Å². The average molecular weight is 386 g/mol. The first-order valence-corrected chi connectivity index (χ1v) is 7.02. The summed E-state index contributed by atoms with van der Waals surface area (Å²) in [5.41, 5.74) is -3.07. The first-order valence-electron chi connectivity index (χ1n) is 5.48. The van der Waals surface area contributed by atoms with Crippen LogP contribution >= 0.6 is 7.60 Å². The van der Waals surface area contributed by atoms with E-state index in [-0.39, 0.29) is 19.5 Å². The molecule has 142 valence electrons. The van der Waals surface area contributed by atoms with Crippen LogP contribution in [-0.2, 0) is 18.4 Å². The predicted molar refractivity (Wildman–Crippen MR) is 64.5 cm³/mol. The summed E-state index contributed by atoms with van der Waals surface area (Å²) in [7, 11) is -16.2. The van der Waals surface area contributed by atoms with Gasteiger partial charge in [-0.05, 0) is 13.8 Å². The molecular formula is C6H13B2F8O6P-2. The summed E-state index contributed by atoms with van der Waals surface area (Å²) < 4.78 is 98.5. The maximum absolute atomic E-state index is 11.5. The van der Waals surface area contributed by atoms with Gasteiger partial charge in [-0.15, -0.1) is 0 Å². The molecule has 0 heterocycles. The minimum Gasteiger partial charge on any atom is -0.418 e. The van der Waals surface area contributed by atoms with Crippen molar-refractivity contribution >= 4 is 28.4 Å². The highest BCUT2D eigenvalue weighted by molar-refractivity contribution is 7.56. The number of hydrogen-bond acceptors (Lipinski definition) is 6. The van der Waals surface area contributed by atoms with E-state index in [0.29, 0.717) is 0 Å². The van der Waals surface area contributed by atoms with Crippen molar-refractivity contribution in [3.63, 3.8) is 0 Å². The molecule has 0 spiro atoms. The molecule has 0 unspecified atom stereocenters. The lowest BCUT2D eigenvalue weighted by Crippen LogP contribution is -2.32. The number of carbonyl (C=O) groups is 1. The van der Waals surface area contributed by atoms with Gasteiger partial charge in [0.15, 0.2) is 6.29 Å². The van der Waals surface area contributed by atoms with Crippen LogP contribution in [0.25, 0.3) is 0 Å². The van der Waals surface area contributed by atoms with E-state index in [4.69, 9.17) is 10.2 Å². The van der Waals surface area contributed by atoms with Gasteiger partial charge in [-0.1, -0.05) is 0 Å². The van der Waals surface area contributed by atoms with Crippen molar-refractivity contribution in [1.82, 2.24) is 0 Å². The number of carbonyl (C=O) groups excluding carboxylic acids is 1. The van der Waals surface area contributed by atoms with Crippen LogP contribution in [0.15, 0.2) is 0 Å². The molecule has 0 fully saturated rings. The molecule has 0 bridgehead atoms. The zero-order valence-electron chi connectivity index (χ0n) is 11.6. The average Bonchev–Trinajstić information content (AvgIpc) is 2.24. The van der Waals surface area contributed by atoms with Crippen molar-refractivity contribution in [1.29, 1.82) is 0 Å². The van der Waals surface area contributed by atoms with Gasteiger partial charge in [0.05, 0.1) is 13.2 Å². The van der Waals surface area contributed by atoms with Crippen LogP contribution < -0.4 is 0 Å². The molecule has 0 rings (SSSR count). The van der Waals surface area contributed by atoms with Gasteiger partial charge >= 0.3 is 27.6 Å². The van der Waals surface area contributed by atoms with Crippen molar-refractivity contribution < 1.29 is 63.1 Å². The Balaban J connectivity index is -0.000000329. The standard InChI is InChI=1S/C6H13O6P.2BF4/c1-3-11-13(10,12-4-2)6(8,9)5-7;2*2-1(3,4)5/h5,8-9H,3-4H2,1-2H3;;/q;2*-1. The highest BCUT2D eigenvalue weighted by atomic mass is 31.2. The number of rotatable bonds is 6. The molecule has 6 nitrogen and oxygen atoms in total. The molecule has 0 aromatic rings. The van der Waals surface area contributed by atoms with Crippen LogP contribution in [0.2, 0.25) is 0 Å². The van der Waals surface area contributed by atoms with Gasteiger partial charge in [-0.3, -0.25) is 9.36 Å². The lowest BCUT2D eigenvalue weighted by atomic mass is 10.3. The monoisotopic (exact) mass is 386 g/mol. The smallest absolute Gasteiger partial charge is 0.418 e. The van der Waals surface area contributed by atoms with Crippen molar-refractivity contribution in [3.8, 4) is 0 Å². The summed E-state index contributed by atoms with van der Waals surface area (Å²) in [6.07, 6.45) is -0.279. The van der Waals surface area contributed by atoms with E-state index in [1.165, 1.54) is 13.8 Å². The van der Waals surface area contributed by atoms with Crippen molar-refractivity contribution in [2.75, 3.05) is 13.2 Å². The Morgan fingerprint density at radius 3 is 1.26 bits per heavy atom. The zero-order valence-corrected chi connectivity index (χ0v) is 12.5. The second kappa shape index (κ2) is 11.0. The Labute approximate surface area is 125 Å². The minimum absolute atomic E-state index is 0.0476.